The maximum atomic E-state index is 12.5. The lowest BCUT2D eigenvalue weighted by molar-refractivity contribution is -0.148. The maximum absolute atomic E-state index is 12.5. The van der Waals surface area contributed by atoms with E-state index in [-0.39, 0.29) is 0 Å². The zero-order chi connectivity index (χ0) is 17.4. The summed E-state index contributed by atoms with van der Waals surface area (Å²) in [6.45, 7) is 1.48. The number of nitrogens with zero attached hydrogens (tertiary/aromatic N) is 2. The number of fused-ring (bicyclic) bond motifs is 1. The SMILES string of the molecule is COC(=O)[C@H](C)N1C(=O)S/C(=C/c2cn(C)c3ccccc23)C1=O. The van der Waals surface area contributed by atoms with Crippen LogP contribution in [-0.4, -0.2) is 39.7 Å². The lowest BCUT2D eigenvalue weighted by Crippen LogP contribution is -2.42. The van der Waals surface area contributed by atoms with Crippen LogP contribution >= 0.6 is 11.8 Å². The number of benzene rings is 1. The Morgan fingerprint density at radius 2 is 2.00 bits per heavy atom. The van der Waals surface area contributed by atoms with E-state index in [0.29, 0.717) is 4.91 Å². The van der Waals surface area contributed by atoms with Crippen LogP contribution < -0.4 is 0 Å². The Balaban J connectivity index is 1.98. The molecule has 124 valence electrons. The number of carbonyl (C=O) groups is 3. The standard InChI is InChI=1S/C17H16N2O4S/c1-10(16(21)23-3)19-15(20)14(24-17(19)22)8-11-9-18(2)13-7-5-4-6-12(11)13/h4-10H,1-3H3/b14-8+/t10-/m0/s1. The Hall–Kier alpha value is -2.54. The third-order valence-corrected chi connectivity index (χ3v) is 4.85. The minimum absolute atomic E-state index is 0.298. The molecular formula is C17H16N2O4S. The summed E-state index contributed by atoms with van der Waals surface area (Å²) in [5.74, 6) is -1.10. The van der Waals surface area contributed by atoms with Crippen molar-refractivity contribution in [2.75, 3.05) is 7.11 Å². The lowest BCUT2D eigenvalue weighted by Gasteiger charge is -2.18. The summed E-state index contributed by atoms with van der Waals surface area (Å²) in [6.07, 6.45) is 3.60. The van der Waals surface area contributed by atoms with Gasteiger partial charge in [0, 0.05) is 29.7 Å². The molecule has 7 heteroatoms. The molecule has 1 atom stereocenters. The molecule has 0 radical (unpaired) electrons. The monoisotopic (exact) mass is 344 g/mol. The molecule has 6 nitrogen and oxygen atoms in total. The molecule has 1 aromatic carbocycles. The summed E-state index contributed by atoms with van der Waals surface area (Å²) in [4.78, 5) is 37.5. The first-order chi connectivity index (χ1) is 11.4. The number of imide groups is 1. The number of hydrogen-bond acceptors (Lipinski definition) is 5. The number of rotatable bonds is 3. The van der Waals surface area contributed by atoms with E-state index in [9.17, 15) is 14.4 Å². The first-order valence-corrected chi connectivity index (χ1v) is 8.14. The fraction of sp³-hybridized carbons (Fsp3) is 0.235. The summed E-state index contributed by atoms with van der Waals surface area (Å²) >= 11 is 0.832. The van der Waals surface area contributed by atoms with Crippen LogP contribution in [0.1, 0.15) is 12.5 Å². The fourth-order valence-electron chi connectivity index (χ4n) is 2.72. The summed E-state index contributed by atoms with van der Waals surface area (Å²) in [5, 5.41) is 0.525. The van der Waals surface area contributed by atoms with Gasteiger partial charge in [-0.25, -0.2) is 4.79 Å². The van der Waals surface area contributed by atoms with Crippen LogP contribution in [0.25, 0.3) is 17.0 Å². The predicted molar refractivity (Wildman–Crippen MR) is 92.2 cm³/mol. The molecule has 2 aromatic rings. The second kappa shape index (κ2) is 6.16. The van der Waals surface area contributed by atoms with Crippen LogP contribution in [0, 0.1) is 0 Å². The van der Waals surface area contributed by atoms with Gasteiger partial charge < -0.3 is 9.30 Å². The summed E-state index contributed by atoms with van der Waals surface area (Å²) in [6, 6.07) is 6.86. The molecule has 24 heavy (non-hydrogen) atoms. The highest BCUT2D eigenvalue weighted by Crippen LogP contribution is 2.35. The molecule has 0 N–H and O–H groups in total. The molecule has 0 spiro atoms. The first-order valence-electron chi connectivity index (χ1n) is 7.33. The van der Waals surface area contributed by atoms with Gasteiger partial charge in [-0.15, -0.1) is 0 Å². The van der Waals surface area contributed by atoms with Gasteiger partial charge in [0.15, 0.2) is 0 Å². The highest BCUT2D eigenvalue weighted by Gasteiger charge is 2.41. The Kier molecular flexibility index (Phi) is 4.19. The van der Waals surface area contributed by atoms with Gasteiger partial charge in [-0.2, -0.15) is 0 Å². The van der Waals surface area contributed by atoms with Gasteiger partial charge >= 0.3 is 5.97 Å². The van der Waals surface area contributed by atoms with Crippen molar-refractivity contribution >= 4 is 45.9 Å². The maximum Gasteiger partial charge on any atom is 0.328 e. The van der Waals surface area contributed by atoms with Crippen LogP contribution in [-0.2, 0) is 21.4 Å². The number of hydrogen-bond donors (Lipinski definition) is 0. The Labute approximate surface area is 143 Å². The molecule has 0 bridgehead atoms. The van der Waals surface area contributed by atoms with Gasteiger partial charge in [-0.3, -0.25) is 14.5 Å². The van der Waals surface area contributed by atoms with E-state index < -0.39 is 23.2 Å². The average molecular weight is 344 g/mol. The van der Waals surface area contributed by atoms with Crippen molar-refractivity contribution in [2.45, 2.75) is 13.0 Å². The van der Waals surface area contributed by atoms with Gasteiger partial charge in [-0.05, 0) is 30.8 Å². The third-order valence-electron chi connectivity index (χ3n) is 3.97. The minimum atomic E-state index is -0.944. The molecule has 1 saturated heterocycles. The van der Waals surface area contributed by atoms with Crippen molar-refractivity contribution in [3.8, 4) is 0 Å². The number of thioether (sulfide) groups is 1. The number of para-hydroxylation sites is 1. The normalized spacial score (nSPS) is 17.8. The number of aryl methyl sites for hydroxylation is 1. The number of carbonyl (C=O) groups excluding carboxylic acids is 3. The molecule has 2 amide bonds. The molecule has 0 saturated carbocycles. The average Bonchev–Trinajstić information content (AvgIpc) is 3.04. The van der Waals surface area contributed by atoms with E-state index in [2.05, 4.69) is 4.74 Å². The summed E-state index contributed by atoms with van der Waals surface area (Å²) < 4.78 is 6.58. The number of esters is 1. The van der Waals surface area contributed by atoms with Gasteiger partial charge in [0.1, 0.15) is 6.04 Å². The zero-order valence-corrected chi connectivity index (χ0v) is 14.3. The summed E-state index contributed by atoms with van der Waals surface area (Å²) in [5.41, 5.74) is 1.88. The van der Waals surface area contributed by atoms with Crippen molar-refractivity contribution in [1.82, 2.24) is 9.47 Å². The molecule has 0 aliphatic carbocycles. The zero-order valence-electron chi connectivity index (χ0n) is 13.5. The van der Waals surface area contributed by atoms with Gasteiger partial charge in [-0.1, -0.05) is 18.2 Å². The molecular weight excluding hydrogens is 328 g/mol. The van der Waals surface area contributed by atoms with Gasteiger partial charge in [0.05, 0.1) is 12.0 Å². The van der Waals surface area contributed by atoms with Crippen molar-refractivity contribution in [3.63, 3.8) is 0 Å². The number of aromatic nitrogens is 1. The van der Waals surface area contributed by atoms with Crippen LogP contribution in [0.4, 0.5) is 4.79 Å². The van der Waals surface area contributed by atoms with Crippen LogP contribution in [0.15, 0.2) is 35.4 Å². The van der Waals surface area contributed by atoms with Crippen molar-refractivity contribution in [3.05, 3.63) is 40.9 Å². The molecule has 2 heterocycles. The number of amides is 2. The smallest absolute Gasteiger partial charge is 0.328 e. The van der Waals surface area contributed by atoms with Gasteiger partial charge in [0.2, 0.25) is 0 Å². The van der Waals surface area contributed by atoms with Crippen molar-refractivity contribution < 1.29 is 19.1 Å². The Bertz CT molecular complexity index is 884. The molecule has 1 fully saturated rings. The topological polar surface area (TPSA) is 68.6 Å². The Morgan fingerprint density at radius 1 is 1.29 bits per heavy atom. The largest absolute Gasteiger partial charge is 0.467 e. The third kappa shape index (κ3) is 2.60. The second-order valence-electron chi connectivity index (χ2n) is 5.46. The van der Waals surface area contributed by atoms with Crippen molar-refractivity contribution in [2.24, 2.45) is 7.05 Å². The molecule has 1 aromatic heterocycles. The van der Waals surface area contributed by atoms with E-state index >= 15 is 0 Å². The summed E-state index contributed by atoms with van der Waals surface area (Å²) in [7, 11) is 3.15. The second-order valence-corrected chi connectivity index (χ2v) is 6.46. The number of methoxy groups -OCH3 is 1. The quantitative estimate of drug-likeness (QED) is 0.633. The van der Waals surface area contributed by atoms with Crippen LogP contribution in [0.2, 0.25) is 0 Å². The molecule has 1 aliphatic heterocycles. The van der Waals surface area contributed by atoms with E-state index in [4.69, 9.17) is 0 Å². The number of ether oxygens (including phenoxy) is 1. The van der Waals surface area contributed by atoms with E-state index in [1.807, 2.05) is 42.1 Å². The van der Waals surface area contributed by atoms with Crippen LogP contribution in [0.3, 0.4) is 0 Å². The lowest BCUT2D eigenvalue weighted by atomic mass is 10.1. The predicted octanol–water partition coefficient (Wildman–Crippen LogP) is 2.78. The Morgan fingerprint density at radius 3 is 2.71 bits per heavy atom. The fourth-order valence-corrected chi connectivity index (χ4v) is 3.62. The van der Waals surface area contributed by atoms with Gasteiger partial charge in [0.25, 0.3) is 11.1 Å². The molecule has 1 aliphatic rings. The minimum Gasteiger partial charge on any atom is -0.467 e. The van der Waals surface area contributed by atoms with Crippen LogP contribution in [0.5, 0.6) is 0 Å². The molecule has 0 unspecified atom stereocenters. The first kappa shape index (κ1) is 16.3. The molecule has 3 rings (SSSR count). The van der Waals surface area contributed by atoms with E-state index in [0.717, 1.165) is 33.1 Å². The van der Waals surface area contributed by atoms with E-state index in [1.165, 1.54) is 14.0 Å². The highest BCUT2D eigenvalue weighted by atomic mass is 32.2. The highest BCUT2D eigenvalue weighted by molar-refractivity contribution is 8.18. The van der Waals surface area contributed by atoms with E-state index in [1.54, 1.807) is 6.08 Å². The van der Waals surface area contributed by atoms with Crippen molar-refractivity contribution in [1.29, 1.82) is 0 Å².